The lowest BCUT2D eigenvalue weighted by Crippen LogP contribution is -2.37. The Bertz CT molecular complexity index is 486. The summed E-state index contributed by atoms with van der Waals surface area (Å²) in [5, 5.41) is 0. The van der Waals surface area contributed by atoms with Crippen LogP contribution in [0.15, 0.2) is 18.2 Å². The van der Waals surface area contributed by atoms with E-state index in [1.54, 1.807) is 11.0 Å². The summed E-state index contributed by atoms with van der Waals surface area (Å²) in [5.41, 5.74) is 2.53. The van der Waals surface area contributed by atoms with Gasteiger partial charge >= 0.3 is 0 Å². The first-order chi connectivity index (χ1) is 9.09. The van der Waals surface area contributed by atoms with Crippen molar-refractivity contribution in [1.82, 2.24) is 4.90 Å². The Hall–Kier alpha value is -1.64. The number of nitrogens with zero attached hydrogens (tertiary/aromatic N) is 1. The zero-order chi connectivity index (χ0) is 13.8. The fraction of sp³-hybridized carbons (Fsp3) is 0.500. The highest BCUT2D eigenvalue weighted by Crippen LogP contribution is 2.15. The lowest BCUT2D eigenvalue weighted by Gasteiger charge is -2.19. The summed E-state index contributed by atoms with van der Waals surface area (Å²) in [5.74, 6) is -0.701. The number of Topliss-reactive ketones (excluding diaryl/α,β-unsaturated/α-hetero) is 1. The van der Waals surface area contributed by atoms with E-state index in [9.17, 15) is 9.59 Å². The fourth-order valence-corrected chi connectivity index (χ4v) is 2.60. The van der Waals surface area contributed by atoms with Gasteiger partial charge in [0.15, 0.2) is 0 Å². The smallest absolute Gasteiger partial charge is 0.294 e. The maximum Gasteiger partial charge on any atom is 0.294 e. The van der Waals surface area contributed by atoms with E-state index in [2.05, 4.69) is 0 Å². The Morgan fingerprint density at radius 3 is 2.21 bits per heavy atom. The van der Waals surface area contributed by atoms with Crippen LogP contribution in [0.2, 0.25) is 0 Å². The number of rotatable bonds is 2. The summed E-state index contributed by atoms with van der Waals surface area (Å²) in [4.78, 5) is 26.3. The molecule has 1 fully saturated rings. The molecule has 1 aromatic rings. The SMILES string of the molecule is Cc1ccc(C(=O)C(=O)N2CCCCCC2)c(C)c1. The molecule has 1 amide bonds. The first-order valence-electron chi connectivity index (χ1n) is 7.00. The van der Waals surface area contributed by atoms with E-state index in [1.165, 1.54) is 0 Å². The van der Waals surface area contributed by atoms with E-state index < -0.39 is 0 Å². The van der Waals surface area contributed by atoms with Gasteiger partial charge in [-0.3, -0.25) is 9.59 Å². The van der Waals surface area contributed by atoms with Crippen molar-refractivity contribution in [2.45, 2.75) is 39.5 Å². The molecular formula is C16H21NO2. The van der Waals surface area contributed by atoms with Crippen molar-refractivity contribution in [2.75, 3.05) is 13.1 Å². The maximum absolute atomic E-state index is 12.3. The van der Waals surface area contributed by atoms with Crippen LogP contribution in [0.4, 0.5) is 0 Å². The number of ketones is 1. The van der Waals surface area contributed by atoms with E-state index in [-0.39, 0.29) is 11.7 Å². The second-order valence-corrected chi connectivity index (χ2v) is 5.35. The molecule has 3 heteroatoms. The molecule has 0 unspecified atom stereocenters. The molecule has 3 nitrogen and oxygen atoms in total. The molecule has 0 spiro atoms. The molecule has 102 valence electrons. The lowest BCUT2D eigenvalue weighted by atomic mass is 10.0. The van der Waals surface area contributed by atoms with E-state index in [4.69, 9.17) is 0 Å². The van der Waals surface area contributed by atoms with Crippen molar-refractivity contribution >= 4 is 11.7 Å². The highest BCUT2D eigenvalue weighted by molar-refractivity contribution is 6.43. The number of aryl methyl sites for hydroxylation is 2. The zero-order valence-corrected chi connectivity index (χ0v) is 11.7. The van der Waals surface area contributed by atoms with Gasteiger partial charge in [-0.2, -0.15) is 0 Å². The third-order valence-corrected chi connectivity index (χ3v) is 3.71. The molecule has 1 aliphatic rings. The third kappa shape index (κ3) is 3.22. The second kappa shape index (κ2) is 6.00. The molecule has 0 radical (unpaired) electrons. The number of amides is 1. The molecular weight excluding hydrogens is 238 g/mol. The van der Waals surface area contributed by atoms with Gasteiger partial charge in [0.2, 0.25) is 0 Å². The molecule has 1 aliphatic heterocycles. The topological polar surface area (TPSA) is 37.4 Å². The van der Waals surface area contributed by atoms with E-state index in [0.717, 1.165) is 49.9 Å². The Kier molecular flexibility index (Phi) is 4.35. The van der Waals surface area contributed by atoms with Crippen LogP contribution in [0.25, 0.3) is 0 Å². The minimum atomic E-state index is -0.362. The highest BCUT2D eigenvalue weighted by atomic mass is 16.2. The highest BCUT2D eigenvalue weighted by Gasteiger charge is 2.24. The molecule has 1 heterocycles. The zero-order valence-electron chi connectivity index (χ0n) is 11.7. The summed E-state index contributed by atoms with van der Waals surface area (Å²) < 4.78 is 0. The van der Waals surface area contributed by atoms with Crippen LogP contribution in [-0.4, -0.2) is 29.7 Å². The van der Waals surface area contributed by atoms with Crippen molar-refractivity contribution in [3.05, 3.63) is 34.9 Å². The number of likely N-dealkylation sites (tertiary alicyclic amines) is 1. The minimum absolute atomic E-state index is 0.339. The van der Waals surface area contributed by atoms with Gasteiger partial charge in [-0.25, -0.2) is 0 Å². The van der Waals surface area contributed by atoms with Gasteiger partial charge in [0.05, 0.1) is 0 Å². The average molecular weight is 259 g/mol. The predicted molar refractivity (Wildman–Crippen MR) is 75.3 cm³/mol. The van der Waals surface area contributed by atoms with Crippen LogP contribution in [0, 0.1) is 13.8 Å². The second-order valence-electron chi connectivity index (χ2n) is 5.35. The van der Waals surface area contributed by atoms with Crippen molar-refractivity contribution in [2.24, 2.45) is 0 Å². The standard InChI is InChI=1S/C16H21NO2/c1-12-7-8-14(13(2)11-12)15(18)16(19)17-9-5-3-4-6-10-17/h7-8,11H,3-6,9-10H2,1-2H3. The molecule has 0 atom stereocenters. The minimum Gasteiger partial charge on any atom is -0.336 e. The van der Waals surface area contributed by atoms with Gasteiger partial charge in [-0.1, -0.05) is 36.6 Å². The average Bonchev–Trinajstić information content (AvgIpc) is 2.66. The van der Waals surface area contributed by atoms with E-state index in [1.807, 2.05) is 26.0 Å². The Labute approximate surface area is 114 Å². The van der Waals surface area contributed by atoms with Crippen LogP contribution >= 0.6 is 0 Å². The van der Waals surface area contributed by atoms with Gasteiger partial charge in [0.1, 0.15) is 0 Å². The fourth-order valence-electron chi connectivity index (χ4n) is 2.60. The monoisotopic (exact) mass is 259 g/mol. The predicted octanol–water partition coefficient (Wildman–Crippen LogP) is 2.89. The van der Waals surface area contributed by atoms with Crippen LogP contribution in [0.5, 0.6) is 0 Å². The molecule has 1 aromatic carbocycles. The molecule has 2 rings (SSSR count). The first-order valence-corrected chi connectivity index (χ1v) is 7.00. The molecule has 0 saturated carbocycles. The Balaban J connectivity index is 2.16. The molecule has 0 N–H and O–H groups in total. The molecule has 0 aromatic heterocycles. The van der Waals surface area contributed by atoms with Crippen molar-refractivity contribution in [3.63, 3.8) is 0 Å². The number of carbonyl (C=O) groups is 2. The van der Waals surface area contributed by atoms with Crippen LogP contribution in [0.1, 0.15) is 47.2 Å². The Morgan fingerprint density at radius 1 is 1.00 bits per heavy atom. The van der Waals surface area contributed by atoms with Gasteiger partial charge < -0.3 is 4.90 Å². The lowest BCUT2D eigenvalue weighted by molar-refractivity contribution is -0.126. The number of carbonyl (C=O) groups excluding carboxylic acids is 2. The van der Waals surface area contributed by atoms with Crippen molar-refractivity contribution < 1.29 is 9.59 Å². The largest absolute Gasteiger partial charge is 0.336 e. The van der Waals surface area contributed by atoms with E-state index in [0.29, 0.717) is 5.56 Å². The number of hydrogen-bond donors (Lipinski definition) is 0. The first kappa shape index (κ1) is 13.8. The van der Waals surface area contributed by atoms with Gasteiger partial charge in [-0.05, 0) is 32.3 Å². The van der Waals surface area contributed by atoms with E-state index >= 15 is 0 Å². The summed E-state index contributed by atoms with van der Waals surface area (Å²) in [6.07, 6.45) is 4.32. The number of benzene rings is 1. The van der Waals surface area contributed by atoms with Crippen molar-refractivity contribution in [3.8, 4) is 0 Å². The van der Waals surface area contributed by atoms with Crippen LogP contribution in [-0.2, 0) is 4.79 Å². The molecule has 0 bridgehead atoms. The van der Waals surface area contributed by atoms with Gasteiger partial charge in [0, 0.05) is 18.7 Å². The molecule has 19 heavy (non-hydrogen) atoms. The van der Waals surface area contributed by atoms with Crippen LogP contribution < -0.4 is 0 Å². The van der Waals surface area contributed by atoms with Crippen LogP contribution in [0.3, 0.4) is 0 Å². The normalized spacial score (nSPS) is 16.0. The third-order valence-electron chi connectivity index (χ3n) is 3.71. The van der Waals surface area contributed by atoms with Gasteiger partial charge in [0.25, 0.3) is 11.7 Å². The maximum atomic E-state index is 12.3. The summed E-state index contributed by atoms with van der Waals surface area (Å²) in [6.45, 7) is 5.30. The Morgan fingerprint density at radius 2 is 1.63 bits per heavy atom. The van der Waals surface area contributed by atoms with Crippen molar-refractivity contribution in [1.29, 1.82) is 0 Å². The summed E-state index contributed by atoms with van der Waals surface area (Å²) >= 11 is 0. The summed E-state index contributed by atoms with van der Waals surface area (Å²) in [6, 6.07) is 5.60. The molecule has 0 aliphatic carbocycles. The molecule has 1 saturated heterocycles. The summed E-state index contributed by atoms with van der Waals surface area (Å²) in [7, 11) is 0. The quantitative estimate of drug-likeness (QED) is 0.605. The number of hydrogen-bond acceptors (Lipinski definition) is 2. The van der Waals surface area contributed by atoms with Gasteiger partial charge in [-0.15, -0.1) is 0 Å².